The minimum absolute atomic E-state index is 0.0677. The van der Waals surface area contributed by atoms with Crippen LogP contribution in [-0.4, -0.2) is 17.2 Å². The molecule has 0 spiro atoms. The van der Waals surface area contributed by atoms with Crippen molar-refractivity contribution in [3.05, 3.63) is 58.3 Å². The summed E-state index contributed by atoms with van der Waals surface area (Å²) < 4.78 is 39.6. The summed E-state index contributed by atoms with van der Waals surface area (Å²) in [6.07, 6.45) is -5.12. The van der Waals surface area contributed by atoms with Crippen molar-refractivity contribution < 1.29 is 23.1 Å². The van der Waals surface area contributed by atoms with Crippen molar-refractivity contribution in [3.8, 4) is 0 Å². The number of hydrogen-bond donors (Lipinski definition) is 2. The number of nitrogens with one attached hydrogen (secondary N) is 1. The monoisotopic (exact) mass is 315 g/mol. The van der Waals surface area contributed by atoms with E-state index >= 15 is 0 Å². The topological polar surface area (TPSA) is 49.3 Å². The third-order valence-electron chi connectivity index (χ3n) is 2.93. The number of halogens is 3. The van der Waals surface area contributed by atoms with Crippen molar-refractivity contribution in [1.82, 2.24) is 5.32 Å². The highest BCUT2D eigenvalue weighted by atomic mass is 32.1. The van der Waals surface area contributed by atoms with Gasteiger partial charge in [0.25, 0.3) is 11.5 Å². The molecule has 0 aliphatic rings. The van der Waals surface area contributed by atoms with E-state index in [0.717, 1.165) is 12.1 Å². The Morgan fingerprint density at radius 1 is 1.14 bits per heavy atom. The summed E-state index contributed by atoms with van der Waals surface area (Å²) in [5.41, 5.74) is -4.08. The number of benzene rings is 1. The molecule has 112 valence electrons. The lowest BCUT2D eigenvalue weighted by molar-refractivity contribution is -0.257. The first-order valence-electron chi connectivity index (χ1n) is 6.01. The van der Waals surface area contributed by atoms with E-state index in [2.05, 4.69) is 5.32 Å². The molecule has 1 heterocycles. The summed E-state index contributed by atoms with van der Waals surface area (Å²) in [5.74, 6) is -1.49. The second-order valence-electron chi connectivity index (χ2n) is 4.34. The minimum Gasteiger partial charge on any atom is -0.369 e. The molecule has 1 unspecified atom stereocenters. The van der Waals surface area contributed by atoms with Gasteiger partial charge in [-0.2, -0.15) is 13.2 Å². The van der Waals surface area contributed by atoms with Gasteiger partial charge in [-0.05, 0) is 11.4 Å². The predicted octanol–water partition coefficient (Wildman–Crippen LogP) is 2.81. The van der Waals surface area contributed by atoms with Crippen LogP contribution in [-0.2, 0) is 16.9 Å². The summed E-state index contributed by atoms with van der Waals surface area (Å²) in [6.45, 7) is -0.0677. The first kappa shape index (κ1) is 15.5. The van der Waals surface area contributed by atoms with Crippen molar-refractivity contribution in [3.63, 3.8) is 0 Å². The first-order valence-corrected chi connectivity index (χ1v) is 6.89. The van der Waals surface area contributed by atoms with E-state index in [4.69, 9.17) is 0 Å². The second kappa shape index (κ2) is 5.87. The summed E-state index contributed by atoms with van der Waals surface area (Å²) in [7, 11) is 0. The van der Waals surface area contributed by atoms with Crippen LogP contribution in [0.4, 0.5) is 13.2 Å². The maximum absolute atomic E-state index is 13.2. The molecule has 1 atom stereocenters. The van der Waals surface area contributed by atoms with Crippen LogP contribution in [0.25, 0.3) is 0 Å². The molecule has 0 aliphatic carbocycles. The zero-order valence-corrected chi connectivity index (χ0v) is 11.5. The third-order valence-corrected chi connectivity index (χ3v) is 3.81. The lowest BCUT2D eigenvalue weighted by Gasteiger charge is -2.29. The second-order valence-corrected chi connectivity index (χ2v) is 5.37. The fourth-order valence-corrected chi connectivity index (χ4v) is 2.46. The Morgan fingerprint density at radius 3 is 2.33 bits per heavy atom. The molecule has 1 amide bonds. The molecule has 7 heteroatoms. The Morgan fingerprint density at radius 2 is 1.81 bits per heavy atom. The fourth-order valence-electron chi connectivity index (χ4n) is 1.81. The van der Waals surface area contributed by atoms with Crippen molar-refractivity contribution in [2.24, 2.45) is 0 Å². The van der Waals surface area contributed by atoms with Crippen molar-refractivity contribution in [2.45, 2.75) is 18.3 Å². The van der Waals surface area contributed by atoms with E-state index in [9.17, 15) is 23.1 Å². The van der Waals surface area contributed by atoms with Gasteiger partial charge in [0.2, 0.25) is 0 Å². The van der Waals surface area contributed by atoms with Crippen LogP contribution in [0.1, 0.15) is 10.4 Å². The summed E-state index contributed by atoms with van der Waals surface area (Å²) in [6, 6.07) is 9.71. The largest absolute Gasteiger partial charge is 0.430 e. The van der Waals surface area contributed by atoms with E-state index in [1.165, 1.54) is 29.5 Å². The molecule has 1 aromatic carbocycles. The van der Waals surface area contributed by atoms with Gasteiger partial charge in [-0.3, -0.25) is 4.79 Å². The molecule has 0 saturated heterocycles. The number of carbonyl (C=O) groups excluding carboxylic acids is 1. The van der Waals surface area contributed by atoms with Gasteiger partial charge in [0.15, 0.2) is 0 Å². The maximum Gasteiger partial charge on any atom is 0.430 e. The number of carbonyl (C=O) groups is 1. The number of amides is 1. The molecule has 0 fully saturated rings. The molecule has 2 N–H and O–H groups in total. The third kappa shape index (κ3) is 3.08. The summed E-state index contributed by atoms with van der Waals surface area (Å²) in [5, 5.41) is 13.9. The number of alkyl halides is 3. The lowest BCUT2D eigenvalue weighted by Crippen LogP contribution is -2.54. The summed E-state index contributed by atoms with van der Waals surface area (Å²) >= 11 is 1.30. The number of hydrogen-bond acceptors (Lipinski definition) is 3. The van der Waals surface area contributed by atoms with Gasteiger partial charge >= 0.3 is 6.18 Å². The van der Waals surface area contributed by atoms with Gasteiger partial charge in [-0.1, -0.05) is 36.4 Å². The molecule has 0 bridgehead atoms. The number of thiophene rings is 1. The van der Waals surface area contributed by atoms with Crippen LogP contribution in [0.15, 0.2) is 47.8 Å². The van der Waals surface area contributed by atoms with Crippen LogP contribution in [0.5, 0.6) is 0 Å². The Hall–Kier alpha value is -1.86. The zero-order chi connectivity index (χ0) is 15.5. The quantitative estimate of drug-likeness (QED) is 0.911. The van der Waals surface area contributed by atoms with E-state index in [1.54, 1.807) is 17.5 Å². The summed E-state index contributed by atoms with van der Waals surface area (Å²) in [4.78, 5) is 12.6. The van der Waals surface area contributed by atoms with Gasteiger partial charge in [-0.15, -0.1) is 11.3 Å². The molecule has 2 rings (SSSR count). The number of aliphatic hydroxyl groups is 1. The highest BCUT2D eigenvalue weighted by Crippen LogP contribution is 2.39. The Bertz CT molecular complexity index is 598. The smallest absolute Gasteiger partial charge is 0.369 e. The number of rotatable bonds is 4. The molecule has 21 heavy (non-hydrogen) atoms. The SMILES string of the molecule is O=C(NCc1cccs1)C(O)(c1ccccc1)C(F)(F)F. The van der Waals surface area contributed by atoms with Crippen molar-refractivity contribution in [1.29, 1.82) is 0 Å². The van der Waals surface area contributed by atoms with Gasteiger partial charge in [0, 0.05) is 10.4 Å². The highest BCUT2D eigenvalue weighted by molar-refractivity contribution is 7.09. The average molecular weight is 315 g/mol. The molecule has 2 aromatic rings. The van der Waals surface area contributed by atoms with Crippen LogP contribution < -0.4 is 5.32 Å². The molecule has 0 saturated carbocycles. The molecule has 0 aliphatic heterocycles. The molecular formula is C14H12F3NO2S. The Kier molecular flexibility index (Phi) is 4.34. The molecular weight excluding hydrogens is 303 g/mol. The molecule has 1 aromatic heterocycles. The normalized spacial score (nSPS) is 14.5. The van der Waals surface area contributed by atoms with Crippen LogP contribution in [0, 0.1) is 0 Å². The molecule has 0 radical (unpaired) electrons. The highest BCUT2D eigenvalue weighted by Gasteiger charge is 2.60. The van der Waals surface area contributed by atoms with Crippen molar-refractivity contribution >= 4 is 17.2 Å². The van der Waals surface area contributed by atoms with Crippen LogP contribution in [0.3, 0.4) is 0 Å². The first-order chi connectivity index (χ1) is 9.85. The van der Waals surface area contributed by atoms with Gasteiger partial charge in [-0.25, -0.2) is 0 Å². The minimum atomic E-state index is -5.12. The van der Waals surface area contributed by atoms with E-state index in [-0.39, 0.29) is 6.54 Å². The lowest BCUT2D eigenvalue weighted by atomic mass is 9.92. The predicted molar refractivity (Wildman–Crippen MR) is 72.6 cm³/mol. The van der Waals surface area contributed by atoms with Crippen molar-refractivity contribution in [2.75, 3.05) is 0 Å². The average Bonchev–Trinajstić information content (AvgIpc) is 2.96. The van der Waals surface area contributed by atoms with Gasteiger partial charge in [0.1, 0.15) is 0 Å². The van der Waals surface area contributed by atoms with Crippen LogP contribution >= 0.6 is 11.3 Å². The fraction of sp³-hybridized carbons (Fsp3) is 0.214. The Labute approximate surface area is 123 Å². The van der Waals surface area contributed by atoms with Gasteiger partial charge in [0.05, 0.1) is 6.54 Å². The van der Waals surface area contributed by atoms with Crippen LogP contribution in [0.2, 0.25) is 0 Å². The maximum atomic E-state index is 13.2. The zero-order valence-electron chi connectivity index (χ0n) is 10.7. The standard InChI is InChI=1S/C14H12F3NO2S/c15-14(16,17)13(20,10-5-2-1-3-6-10)12(19)18-9-11-7-4-8-21-11/h1-8,20H,9H2,(H,18,19). The van der Waals surface area contributed by atoms with Gasteiger partial charge < -0.3 is 10.4 Å². The van der Waals surface area contributed by atoms with E-state index in [1.807, 2.05) is 0 Å². The van der Waals surface area contributed by atoms with E-state index < -0.39 is 23.2 Å². The Balaban J connectivity index is 2.26. The molecule has 3 nitrogen and oxygen atoms in total. The van der Waals surface area contributed by atoms with E-state index in [0.29, 0.717) is 4.88 Å².